The Labute approximate surface area is 127 Å². The maximum absolute atomic E-state index is 5.98. The van der Waals surface area contributed by atoms with E-state index in [1.807, 2.05) is 0 Å². The molecule has 0 aliphatic carbocycles. The molecule has 0 N–H and O–H groups in total. The minimum atomic E-state index is 0.0367. The lowest BCUT2D eigenvalue weighted by Crippen LogP contribution is -1.94. The number of aromatic nitrogens is 3. The van der Waals surface area contributed by atoms with Gasteiger partial charge in [0.2, 0.25) is 5.88 Å². The van der Waals surface area contributed by atoms with E-state index >= 15 is 0 Å². The average Bonchev–Trinajstić information content (AvgIpc) is 2.40. The van der Waals surface area contributed by atoms with Gasteiger partial charge in [-0.2, -0.15) is 0 Å². The van der Waals surface area contributed by atoms with E-state index in [0.717, 1.165) is 0 Å². The van der Waals surface area contributed by atoms with Gasteiger partial charge in [0.15, 0.2) is 5.75 Å². The highest BCUT2D eigenvalue weighted by molar-refractivity contribution is 6.55. The van der Waals surface area contributed by atoms with Gasteiger partial charge in [0, 0.05) is 6.07 Å². The van der Waals surface area contributed by atoms with Crippen LogP contribution in [0.5, 0.6) is 11.6 Å². The molecule has 0 radical (unpaired) electrons. The zero-order valence-corrected chi connectivity index (χ0v) is 12.1. The quantitative estimate of drug-likeness (QED) is 0.572. The molecule has 9 heteroatoms. The van der Waals surface area contributed by atoms with E-state index in [1.165, 1.54) is 12.3 Å². The van der Waals surface area contributed by atoms with E-state index in [4.69, 9.17) is 62.7 Å². The van der Waals surface area contributed by atoms with Gasteiger partial charge in [0.05, 0.1) is 21.3 Å². The van der Waals surface area contributed by atoms with Crippen LogP contribution in [-0.2, 0) is 0 Å². The summed E-state index contributed by atoms with van der Waals surface area (Å²) in [6.07, 6.45) is 1.39. The second-order valence-electron chi connectivity index (χ2n) is 2.96. The van der Waals surface area contributed by atoms with Crippen LogP contribution in [0.2, 0.25) is 25.1 Å². The molecule has 0 fully saturated rings. The van der Waals surface area contributed by atoms with Crippen LogP contribution in [-0.4, -0.2) is 15.4 Å². The Morgan fingerprint density at radius 2 is 1.39 bits per heavy atom. The van der Waals surface area contributed by atoms with E-state index in [-0.39, 0.29) is 36.7 Å². The van der Waals surface area contributed by atoms with Crippen molar-refractivity contribution in [3.05, 3.63) is 37.4 Å². The van der Waals surface area contributed by atoms with Crippen LogP contribution in [0.3, 0.4) is 0 Å². The Balaban J connectivity index is 2.52. The van der Waals surface area contributed by atoms with Crippen LogP contribution in [0.15, 0.2) is 12.3 Å². The molecule has 0 unspecified atom stereocenters. The molecule has 2 aromatic rings. The lowest BCUT2D eigenvalue weighted by molar-refractivity contribution is 0.451. The van der Waals surface area contributed by atoms with E-state index in [1.54, 1.807) is 0 Å². The predicted octanol–water partition coefficient (Wildman–Crippen LogP) is 4.93. The molecule has 0 aliphatic rings. The van der Waals surface area contributed by atoms with Crippen molar-refractivity contribution in [2.75, 3.05) is 0 Å². The van der Waals surface area contributed by atoms with E-state index in [9.17, 15) is 0 Å². The molecule has 1 heterocycles. The van der Waals surface area contributed by atoms with E-state index < -0.39 is 0 Å². The van der Waals surface area contributed by atoms with Crippen molar-refractivity contribution in [2.24, 2.45) is 0 Å². The van der Waals surface area contributed by atoms with Crippen molar-refractivity contribution in [3.63, 3.8) is 0 Å². The topological polar surface area (TPSA) is 47.9 Å². The summed E-state index contributed by atoms with van der Waals surface area (Å²) in [6, 6.07) is 1.47. The molecule has 18 heavy (non-hydrogen) atoms. The van der Waals surface area contributed by atoms with Crippen molar-refractivity contribution in [1.29, 1.82) is 0 Å². The summed E-state index contributed by atoms with van der Waals surface area (Å²) in [6.45, 7) is 0. The number of hydrogen-bond acceptors (Lipinski definition) is 4. The van der Waals surface area contributed by atoms with Crippen LogP contribution in [0.4, 0.5) is 0 Å². The predicted molar refractivity (Wildman–Crippen MR) is 71.4 cm³/mol. The van der Waals surface area contributed by atoms with Crippen LogP contribution in [0.25, 0.3) is 0 Å². The average molecular weight is 345 g/mol. The van der Waals surface area contributed by atoms with E-state index in [0.29, 0.717) is 0 Å². The third-order valence-electron chi connectivity index (χ3n) is 1.85. The SMILES string of the molecule is Clc1c(Cl)c(Cl)c(Oc2ccnnn2)c(Cl)c1Cl. The van der Waals surface area contributed by atoms with Crippen molar-refractivity contribution in [1.82, 2.24) is 15.4 Å². The zero-order chi connectivity index (χ0) is 13.3. The highest BCUT2D eigenvalue weighted by atomic mass is 35.5. The highest BCUT2D eigenvalue weighted by Crippen LogP contribution is 2.49. The Morgan fingerprint density at radius 3 is 1.89 bits per heavy atom. The first kappa shape index (κ1) is 13.9. The molecule has 0 aliphatic heterocycles. The first-order valence-electron chi connectivity index (χ1n) is 4.36. The summed E-state index contributed by atoms with van der Waals surface area (Å²) >= 11 is 29.6. The minimum Gasteiger partial charge on any atom is -0.434 e. The first-order chi connectivity index (χ1) is 8.52. The van der Waals surface area contributed by atoms with Crippen molar-refractivity contribution in [3.8, 4) is 11.6 Å². The number of rotatable bonds is 2. The third-order valence-corrected chi connectivity index (χ3v) is 4.10. The number of benzene rings is 1. The minimum absolute atomic E-state index is 0.0367. The first-order valence-corrected chi connectivity index (χ1v) is 6.25. The highest BCUT2D eigenvalue weighted by Gasteiger charge is 2.21. The summed E-state index contributed by atoms with van der Waals surface area (Å²) < 4.78 is 5.35. The Hall–Kier alpha value is -0.520. The molecule has 2 rings (SSSR count). The van der Waals surface area contributed by atoms with Crippen LogP contribution in [0, 0.1) is 0 Å². The normalized spacial score (nSPS) is 10.5. The molecule has 0 atom stereocenters. The molecule has 4 nitrogen and oxygen atoms in total. The summed E-state index contributed by atoms with van der Waals surface area (Å²) in [5.74, 6) is 0.196. The van der Waals surface area contributed by atoms with Gasteiger partial charge < -0.3 is 4.74 Å². The molecule has 0 bridgehead atoms. The summed E-state index contributed by atoms with van der Waals surface area (Å²) in [4.78, 5) is 0. The molecular formula is C9H2Cl5N3O. The zero-order valence-electron chi connectivity index (χ0n) is 8.29. The fourth-order valence-corrected chi connectivity index (χ4v) is 2.26. The van der Waals surface area contributed by atoms with Gasteiger partial charge >= 0.3 is 0 Å². The summed E-state index contributed by atoms with van der Waals surface area (Å²) in [5.41, 5.74) is 0. The monoisotopic (exact) mass is 343 g/mol. The molecule has 1 aromatic heterocycles. The van der Waals surface area contributed by atoms with Crippen molar-refractivity contribution < 1.29 is 4.74 Å². The van der Waals surface area contributed by atoms with Gasteiger partial charge in [0.1, 0.15) is 10.0 Å². The van der Waals surface area contributed by atoms with Crippen LogP contribution in [0.1, 0.15) is 0 Å². The number of halogens is 5. The number of hydrogen-bond donors (Lipinski definition) is 0. The lowest BCUT2D eigenvalue weighted by atomic mass is 10.3. The molecule has 1 aromatic carbocycles. The molecule has 0 spiro atoms. The van der Waals surface area contributed by atoms with Crippen LogP contribution >= 0.6 is 58.0 Å². The maximum atomic E-state index is 5.98. The standard InChI is InChI=1S/C9H2Cl5N3O/c10-4-5(11)7(13)9(8(14)6(4)12)18-3-1-2-15-17-16-3/h1-2H. The van der Waals surface area contributed by atoms with Crippen molar-refractivity contribution >= 4 is 58.0 Å². The Morgan fingerprint density at radius 1 is 0.833 bits per heavy atom. The second-order valence-corrected chi connectivity index (χ2v) is 4.85. The van der Waals surface area contributed by atoms with Gasteiger partial charge in [-0.3, -0.25) is 0 Å². The molecule has 0 amide bonds. The van der Waals surface area contributed by atoms with Gasteiger partial charge in [-0.25, -0.2) is 0 Å². The van der Waals surface area contributed by atoms with Gasteiger partial charge in [-0.15, -0.1) is 5.10 Å². The largest absolute Gasteiger partial charge is 0.434 e. The summed E-state index contributed by atoms with van der Waals surface area (Å²) in [5, 5.41) is 10.7. The summed E-state index contributed by atoms with van der Waals surface area (Å²) in [7, 11) is 0. The van der Waals surface area contributed by atoms with Gasteiger partial charge in [-0.05, 0) is 5.21 Å². The fourth-order valence-electron chi connectivity index (χ4n) is 1.06. The fraction of sp³-hybridized carbons (Fsp3) is 0. The molecular weight excluding hydrogens is 343 g/mol. The van der Waals surface area contributed by atoms with Gasteiger partial charge in [-0.1, -0.05) is 63.1 Å². The van der Waals surface area contributed by atoms with Crippen LogP contribution < -0.4 is 4.74 Å². The number of nitrogens with zero attached hydrogens (tertiary/aromatic N) is 3. The van der Waals surface area contributed by atoms with E-state index in [2.05, 4.69) is 15.4 Å². The number of ether oxygens (including phenoxy) is 1. The second kappa shape index (κ2) is 5.63. The Kier molecular flexibility index (Phi) is 4.35. The maximum Gasteiger partial charge on any atom is 0.242 e. The Bertz CT molecular complexity index is 563. The molecule has 94 valence electrons. The lowest BCUT2D eigenvalue weighted by Gasteiger charge is -2.12. The molecule has 0 saturated carbocycles. The van der Waals surface area contributed by atoms with Gasteiger partial charge in [0.25, 0.3) is 0 Å². The third kappa shape index (κ3) is 2.58. The smallest absolute Gasteiger partial charge is 0.242 e. The van der Waals surface area contributed by atoms with Crippen molar-refractivity contribution in [2.45, 2.75) is 0 Å². The molecule has 0 saturated heterocycles.